The SMILES string of the molecule is CC(=O)Nc1ccc(C(=O)NCc2ccncc2)cc1. The van der Waals surface area contributed by atoms with E-state index in [0.717, 1.165) is 5.56 Å². The molecule has 0 radical (unpaired) electrons. The topological polar surface area (TPSA) is 71.1 Å². The van der Waals surface area contributed by atoms with Gasteiger partial charge in [-0.3, -0.25) is 14.6 Å². The fourth-order valence-electron chi connectivity index (χ4n) is 1.69. The Morgan fingerprint density at radius 3 is 2.30 bits per heavy atom. The van der Waals surface area contributed by atoms with Gasteiger partial charge in [-0.25, -0.2) is 0 Å². The Kier molecular flexibility index (Phi) is 4.44. The first-order chi connectivity index (χ1) is 9.65. The smallest absolute Gasteiger partial charge is 0.251 e. The van der Waals surface area contributed by atoms with E-state index in [9.17, 15) is 9.59 Å². The highest BCUT2D eigenvalue weighted by Crippen LogP contribution is 2.09. The Morgan fingerprint density at radius 1 is 1.05 bits per heavy atom. The molecule has 0 spiro atoms. The second-order valence-electron chi connectivity index (χ2n) is 4.30. The Hall–Kier alpha value is -2.69. The third kappa shape index (κ3) is 3.91. The molecule has 0 saturated carbocycles. The van der Waals surface area contributed by atoms with Gasteiger partial charge in [0, 0.05) is 37.1 Å². The summed E-state index contributed by atoms with van der Waals surface area (Å²) in [6, 6.07) is 10.4. The molecule has 20 heavy (non-hydrogen) atoms. The van der Waals surface area contributed by atoms with Crippen molar-refractivity contribution in [3.05, 3.63) is 59.9 Å². The van der Waals surface area contributed by atoms with Gasteiger partial charge in [0.05, 0.1) is 0 Å². The number of amides is 2. The molecule has 0 aliphatic rings. The Morgan fingerprint density at radius 2 is 1.70 bits per heavy atom. The second kappa shape index (κ2) is 6.47. The molecule has 1 aromatic carbocycles. The zero-order valence-electron chi connectivity index (χ0n) is 11.1. The van der Waals surface area contributed by atoms with Crippen LogP contribution >= 0.6 is 0 Å². The van der Waals surface area contributed by atoms with Crippen LogP contribution in [0.2, 0.25) is 0 Å². The number of carbonyl (C=O) groups is 2. The van der Waals surface area contributed by atoms with Crippen LogP contribution in [0.25, 0.3) is 0 Å². The molecular formula is C15H15N3O2. The van der Waals surface area contributed by atoms with Gasteiger partial charge in [-0.2, -0.15) is 0 Å². The molecule has 0 atom stereocenters. The predicted molar refractivity (Wildman–Crippen MR) is 76.2 cm³/mol. The van der Waals surface area contributed by atoms with Crippen LogP contribution in [0.5, 0.6) is 0 Å². The predicted octanol–water partition coefficient (Wildman–Crippen LogP) is 1.97. The molecule has 1 aromatic heterocycles. The lowest BCUT2D eigenvalue weighted by Crippen LogP contribution is -2.22. The number of nitrogens with one attached hydrogen (secondary N) is 2. The second-order valence-corrected chi connectivity index (χ2v) is 4.30. The van der Waals surface area contributed by atoms with Crippen molar-refractivity contribution in [3.8, 4) is 0 Å². The number of hydrogen-bond acceptors (Lipinski definition) is 3. The van der Waals surface area contributed by atoms with Gasteiger partial charge in [0.15, 0.2) is 0 Å². The van der Waals surface area contributed by atoms with Crippen molar-refractivity contribution < 1.29 is 9.59 Å². The molecular weight excluding hydrogens is 254 g/mol. The highest BCUT2D eigenvalue weighted by Gasteiger charge is 2.05. The minimum atomic E-state index is -0.156. The van der Waals surface area contributed by atoms with Crippen molar-refractivity contribution in [3.63, 3.8) is 0 Å². The van der Waals surface area contributed by atoms with Crippen LogP contribution in [0.1, 0.15) is 22.8 Å². The van der Waals surface area contributed by atoms with Gasteiger partial charge in [-0.1, -0.05) is 0 Å². The molecule has 2 rings (SSSR count). The maximum Gasteiger partial charge on any atom is 0.251 e. The van der Waals surface area contributed by atoms with Gasteiger partial charge in [0.2, 0.25) is 5.91 Å². The summed E-state index contributed by atoms with van der Waals surface area (Å²) in [7, 11) is 0. The van der Waals surface area contributed by atoms with E-state index in [-0.39, 0.29) is 11.8 Å². The van der Waals surface area contributed by atoms with Gasteiger partial charge >= 0.3 is 0 Å². The summed E-state index contributed by atoms with van der Waals surface area (Å²) >= 11 is 0. The molecule has 2 amide bonds. The van der Waals surface area contributed by atoms with Gasteiger partial charge < -0.3 is 10.6 Å². The summed E-state index contributed by atoms with van der Waals surface area (Å²) in [4.78, 5) is 26.8. The van der Waals surface area contributed by atoms with E-state index in [0.29, 0.717) is 17.8 Å². The van der Waals surface area contributed by atoms with Gasteiger partial charge in [0.1, 0.15) is 0 Å². The molecule has 5 nitrogen and oxygen atoms in total. The van der Waals surface area contributed by atoms with E-state index in [1.807, 2.05) is 12.1 Å². The van der Waals surface area contributed by atoms with Crippen molar-refractivity contribution in [1.82, 2.24) is 10.3 Å². The van der Waals surface area contributed by atoms with Crippen LogP contribution < -0.4 is 10.6 Å². The van der Waals surface area contributed by atoms with Crippen molar-refractivity contribution in [2.75, 3.05) is 5.32 Å². The first-order valence-corrected chi connectivity index (χ1v) is 6.20. The Bertz CT molecular complexity index is 594. The summed E-state index contributed by atoms with van der Waals surface area (Å²) in [5, 5.41) is 5.47. The monoisotopic (exact) mass is 269 g/mol. The standard InChI is InChI=1S/C15H15N3O2/c1-11(19)18-14-4-2-13(3-5-14)15(20)17-10-12-6-8-16-9-7-12/h2-9H,10H2,1H3,(H,17,20)(H,18,19). The maximum absolute atomic E-state index is 11.9. The summed E-state index contributed by atoms with van der Waals surface area (Å²) in [6.45, 7) is 1.89. The third-order valence-electron chi connectivity index (χ3n) is 2.67. The number of rotatable bonds is 4. The van der Waals surface area contributed by atoms with E-state index in [4.69, 9.17) is 0 Å². The molecule has 0 saturated heterocycles. The maximum atomic E-state index is 11.9. The minimum absolute atomic E-state index is 0.139. The van der Waals surface area contributed by atoms with Crippen LogP contribution in [0.4, 0.5) is 5.69 Å². The van der Waals surface area contributed by atoms with Gasteiger partial charge in [-0.15, -0.1) is 0 Å². The lowest BCUT2D eigenvalue weighted by molar-refractivity contribution is -0.114. The quantitative estimate of drug-likeness (QED) is 0.891. The molecule has 0 bridgehead atoms. The van der Waals surface area contributed by atoms with E-state index in [2.05, 4.69) is 15.6 Å². The molecule has 2 aromatic rings. The molecule has 0 unspecified atom stereocenters. The number of nitrogens with zero attached hydrogens (tertiary/aromatic N) is 1. The Labute approximate surface area is 117 Å². The van der Waals surface area contributed by atoms with Crippen LogP contribution in [-0.2, 0) is 11.3 Å². The van der Waals surface area contributed by atoms with E-state index in [1.54, 1.807) is 36.7 Å². The zero-order valence-corrected chi connectivity index (χ0v) is 11.1. The number of anilines is 1. The minimum Gasteiger partial charge on any atom is -0.348 e. The van der Waals surface area contributed by atoms with Gasteiger partial charge in [0.25, 0.3) is 5.91 Å². The molecule has 1 heterocycles. The van der Waals surface area contributed by atoms with E-state index in [1.165, 1.54) is 6.92 Å². The number of carbonyl (C=O) groups excluding carboxylic acids is 2. The molecule has 2 N–H and O–H groups in total. The summed E-state index contributed by atoms with van der Waals surface area (Å²) in [5.74, 6) is -0.295. The van der Waals surface area contributed by atoms with Crippen LogP contribution in [-0.4, -0.2) is 16.8 Å². The van der Waals surface area contributed by atoms with E-state index >= 15 is 0 Å². The first kappa shape index (κ1) is 13.7. The van der Waals surface area contributed by atoms with Crippen LogP contribution in [0.3, 0.4) is 0 Å². The van der Waals surface area contributed by atoms with Crippen molar-refractivity contribution in [2.45, 2.75) is 13.5 Å². The number of hydrogen-bond donors (Lipinski definition) is 2. The zero-order chi connectivity index (χ0) is 14.4. The van der Waals surface area contributed by atoms with Gasteiger partial charge in [-0.05, 0) is 42.0 Å². The van der Waals surface area contributed by atoms with Crippen molar-refractivity contribution in [2.24, 2.45) is 0 Å². The number of aromatic nitrogens is 1. The fraction of sp³-hybridized carbons (Fsp3) is 0.133. The van der Waals surface area contributed by atoms with Crippen LogP contribution in [0.15, 0.2) is 48.8 Å². The lowest BCUT2D eigenvalue weighted by atomic mass is 10.2. The average molecular weight is 269 g/mol. The number of benzene rings is 1. The third-order valence-corrected chi connectivity index (χ3v) is 2.67. The molecule has 5 heteroatoms. The van der Waals surface area contributed by atoms with Crippen LogP contribution in [0, 0.1) is 0 Å². The first-order valence-electron chi connectivity index (χ1n) is 6.20. The largest absolute Gasteiger partial charge is 0.348 e. The highest BCUT2D eigenvalue weighted by atomic mass is 16.2. The summed E-state index contributed by atoms with van der Waals surface area (Å²) in [5.41, 5.74) is 2.21. The summed E-state index contributed by atoms with van der Waals surface area (Å²) in [6.07, 6.45) is 3.37. The lowest BCUT2D eigenvalue weighted by Gasteiger charge is -2.06. The molecule has 0 aliphatic heterocycles. The average Bonchev–Trinajstić information content (AvgIpc) is 2.46. The van der Waals surface area contributed by atoms with Crippen molar-refractivity contribution in [1.29, 1.82) is 0 Å². The molecule has 102 valence electrons. The Balaban J connectivity index is 1.94. The van der Waals surface area contributed by atoms with Crippen molar-refractivity contribution >= 4 is 17.5 Å². The highest BCUT2D eigenvalue weighted by molar-refractivity contribution is 5.95. The molecule has 0 fully saturated rings. The number of pyridine rings is 1. The normalized spacial score (nSPS) is 9.85. The fourth-order valence-corrected chi connectivity index (χ4v) is 1.69. The van der Waals surface area contributed by atoms with E-state index < -0.39 is 0 Å². The summed E-state index contributed by atoms with van der Waals surface area (Å²) < 4.78 is 0. The molecule has 0 aliphatic carbocycles.